The van der Waals surface area contributed by atoms with Crippen molar-refractivity contribution in [2.24, 2.45) is 0 Å². The highest BCUT2D eigenvalue weighted by Gasteiger charge is 2.24. The molecule has 0 aliphatic carbocycles. The van der Waals surface area contributed by atoms with Crippen LogP contribution in [0, 0.1) is 0 Å². The SMILES string of the molecule is CCOCCNC(=O)N[C@H](C(=O)O)[C@@H](C)O. The van der Waals surface area contributed by atoms with Gasteiger partial charge in [-0.05, 0) is 13.8 Å². The monoisotopic (exact) mass is 234 g/mol. The Morgan fingerprint density at radius 1 is 1.44 bits per heavy atom. The number of carboxylic acids is 1. The molecule has 0 rings (SSSR count). The molecule has 0 saturated carbocycles. The van der Waals surface area contributed by atoms with Crippen molar-refractivity contribution >= 4 is 12.0 Å². The van der Waals surface area contributed by atoms with Crippen LogP contribution in [0.1, 0.15) is 13.8 Å². The predicted molar refractivity (Wildman–Crippen MR) is 56.1 cm³/mol. The fourth-order valence-electron chi connectivity index (χ4n) is 0.962. The van der Waals surface area contributed by atoms with Crippen molar-refractivity contribution in [3.63, 3.8) is 0 Å². The van der Waals surface area contributed by atoms with Crippen LogP contribution in [0.25, 0.3) is 0 Å². The Hall–Kier alpha value is -1.34. The Morgan fingerprint density at radius 3 is 2.50 bits per heavy atom. The molecule has 0 radical (unpaired) electrons. The Morgan fingerprint density at radius 2 is 2.06 bits per heavy atom. The third kappa shape index (κ3) is 6.20. The molecule has 4 N–H and O–H groups in total. The normalized spacial score (nSPS) is 13.9. The van der Waals surface area contributed by atoms with E-state index in [-0.39, 0.29) is 6.54 Å². The maximum atomic E-state index is 11.2. The molecule has 94 valence electrons. The summed E-state index contributed by atoms with van der Waals surface area (Å²) in [6, 6.07) is -1.96. The van der Waals surface area contributed by atoms with Gasteiger partial charge in [0, 0.05) is 13.2 Å². The minimum Gasteiger partial charge on any atom is -0.480 e. The van der Waals surface area contributed by atoms with Gasteiger partial charge in [0.1, 0.15) is 0 Å². The van der Waals surface area contributed by atoms with Crippen molar-refractivity contribution in [1.82, 2.24) is 10.6 Å². The van der Waals surface area contributed by atoms with E-state index in [4.69, 9.17) is 14.9 Å². The Kier molecular flexibility index (Phi) is 7.23. The highest BCUT2D eigenvalue weighted by atomic mass is 16.5. The van der Waals surface area contributed by atoms with Gasteiger partial charge in [-0.3, -0.25) is 0 Å². The highest BCUT2D eigenvalue weighted by Crippen LogP contribution is 1.92. The predicted octanol–water partition coefficient (Wildman–Crippen LogP) is -0.844. The minimum absolute atomic E-state index is 0.284. The molecule has 0 aromatic rings. The van der Waals surface area contributed by atoms with E-state index in [1.54, 1.807) is 0 Å². The number of rotatable bonds is 7. The van der Waals surface area contributed by atoms with E-state index in [0.717, 1.165) is 0 Å². The quantitative estimate of drug-likeness (QED) is 0.429. The molecule has 0 aliphatic heterocycles. The van der Waals surface area contributed by atoms with Crippen LogP contribution in [0.2, 0.25) is 0 Å². The fraction of sp³-hybridized carbons (Fsp3) is 0.778. The maximum Gasteiger partial charge on any atom is 0.328 e. The first-order chi connectivity index (χ1) is 7.49. The van der Waals surface area contributed by atoms with Crippen LogP contribution in [-0.2, 0) is 9.53 Å². The second-order valence-electron chi connectivity index (χ2n) is 3.15. The second kappa shape index (κ2) is 7.89. The highest BCUT2D eigenvalue weighted by molar-refractivity contribution is 5.82. The summed E-state index contributed by atoms with van der Waals surface area (Å²) in [7, 11) is 0. The average molecular weight is 234 g/mol. The van der Waals surface area contributed by atoms with E-state index in [9.17, 15) is 9.59 Å². The van der Waals surface area contributed by atoms with E-state index in [1.165, 1.54) is 6.92 Å². The zero-order chi connectivity index (χ0) is 12.6. The molecule has 0 aromatic heterocycles. The van der Waals surface area contributed by atoms with Crippen LogP contribution < -0.4 is 10.6 Å². The number of hydrogen-bond acceptors (Lipinski definition) is 4. The zero-order valence-corrected chi connectivity index (χ0v) is 9.40. The lowest BCUT2D eigenvalue weighted by Crippen LogP contribution is -2.51. The van der Waals surface area contributed by atoms with E-state index in [0.29, 0.717) is 13.2 Å². The van der Waals surface area contributed by atoms with Gasteiger partial charge < -0.3 is 25.6 Å². The van der Waals surface area contributed by atoms with Gasteiger partial charge >= 0.3 is 12.0 Å². The van der Waals surface area contributed by atoms with Crippen LogP contribution in [0.5, 0.6) is 0 Å². The number of nitrogens with one attached hydrogen (secondary N) is 2. The molecular weight excluding hydrogens is 216 g/mol. The number of urea groups is 1. The minimum atomic E-state index is -1.31. The van der Waals surface area contributed by atoms with Crippen molar-refractivity contribution in [3.8, 4) is 0 Å². The molecule has 0 spiro atoms. The summed E-state index contributed by atoms with van der Waals surface area (Å²) in [4.78, 5) is 21.8. The average Bonchev–Trinajstić information content (AvgIpc) is 2.20. The molecule has 0 aromatic carbocycles. The summed E-state index contributed by atoms with van der Waals surface area (Å²) in [5.74, 6) is -1.28. The molecule has 0 unspecified atom stereocenters. The molecule has 7 heteroatoms. The number of carbonyl (C=O) groups is 2. The van der Waals surface area contributed by atoms with Crippen molar-refractivity contribution in [2.45, 2.75) is 26.0 Å². The molecule has 0 bridgehead atoms. The number of carbonyl (C=O) groups excluding carboxylic acids is 1. The van der Waals surface area contributed by atoms with E-state index in [2.05, 4.69) is 10.6 Å². The lowest BCUT2D eigenvalue weighted by molar-refractivity contribution is -0.141. The largest absolute Gasteiger partial charge is 0.480 e. The zero-order valence-electron chi connectivity index (χ0n) is 9.40. The molecule has 2 amide bonds. The number of aliphatic carboxylic acids is 1. The fourth-order valence-corrected chi connectivity index (χ4v) is 0.962. The van der Waals surface area contributed by atoms with Gasteiger partial charge in [0.15, 0.2) is 6.04 Å². The Labute approximate surface area is 93.8 Å². The third-order valence-electron chi connectivity index (χ3n) is 1.77. The van der Waals surface area contributed by atoms with Crippen molar-refractivity contribution in [3.05, 3.63) is 0 Å². The summed E-state index contributed by atoms with van der Waals surface area (Å²) in [5, 5.41) is 22.3. The standard InChI is InChI=1S/C9H18N2O5/c1-3-16-5-4-10-9(15)11-7(6(2)12)8(13)14/h6-7,12H,3-5H2,1-2H3,(H,13,14)(H2,10,11,15)/t6-,7+/m1/s1. The van der Waals surface area contributed by atoms with Gasteiger partial charge in [0.05, 0.1) is 12.7 Å². The molecule has 7 nitrogen and oxygen atoms in total. The van der Waals surface area contributed by atoms with Gasteiger partial charge in [-0.25, -0.2) is 9.59 Å². The lowest BCUT2D eigenvalue weighted by Gasteiger charge is -2.17. The second-order valence-corrected chi connectivity index (χ2v) is 3.15. The summed E-state index contributed by atoms with van der Waals surface area (Å²) in [5.41, 5.74) is 0. The summed E-state index contributed by atoms with van der Waals surface area (Å²) >= 11 is 0. The van der Waals surface area contributed by atoms with Crippen LogP contribution in [0.4, 0.5) is 4.79 Å². The molecule has 16 heavy (non-hydrogen) atoms. The van der Waals surface area contributed by atoms with Crippen LogP contribution in [0.3, 0.4) is 0 Å². The summed E-state index contributed by atoms with van der Waals surface area (Å²) < 4.78 is 4.98. The number of aliphatic hydroxyl groups is 1. The van der Waals surface area contributed by atoms with Crippen molar-refractivity contribution < 1.29 is 24.5 Å². The summed E-state index contributed by atoms with van der Waals surface area (Å²) in [6.45, 7) is 4.31. The molecule has 0 heterocycles. The van der Waals surface area contributed by atoms with Crippen LogP contribution in [0.15, 0.2) is 0 Å². The van der Waals surface area contributed by atoms with Gasteiger partial charge in [-0.15, -0.1) is 0 Å². The molecule has 0 aliphatic rings. The third-order valence-corrected chi connectivity index (χ3v) is 1.77. The first-order valence-electron chi connectivity index (χ1n) is 5.02. The molecular formula is C9H18N2O5. The summed E-state index contributed by atoms with van der Waals surface area (Å²) in [6.07, 6.45) is -1.16. The Bertz CT molecular complexity index is 232. The van der Waals surface area contributed by atoms with Crippen LogP contribution >= 0.6 is 0 Å². The number of carboxylic acid groups (broad SMARTS) is 1. The Balaban J connectivity index is 3.87. The first-order valence-corrected chi connectivity index (χ1v) is 5.02. The van der Waals surface area contributed by atoms with Gasteiger partial charge in [0.25, 0.3) is 0 Å². The van der Waals surface area contributed by atoms with Gasteiger partial charge in [-0.2, -0.15) is 0 Å². The maximum absolute atomic E-state index is 11.2. The number of ether oxygens (including phenoxy) is 1. The van der Waals surface area contributed by atoms with E-state index < -0.39 is 24.1 Å². The van der Waals surface area contributed by atoms with Gasteiger partial charge in [0.2, 0.25) is 0 Å². The lowest BCUT2D eigenvalue weighted by atomic mass is 10.2. The van der Waals surface area contributed by atoms with Crippen molar-refractivity contribution in [2.75, 3.05) is 19.8 Å². The van der Waals surface area contributed by atoms with E-state index in [1.807, 2.05) is 6.92 Å². The van der Waals surface area contributed by atoms with Gasteiger partial charge in [-0.1, -0.05) is 0 Å². The smallest absolute Gasteiger partial charge is 0.328 e. The van der Waals surface area contributed by atoms with Crippen LogP contribution in [-0.4, -0.2) is 54.1 Å². The molecule has 0 fully saturated rings. The topological polar surface area (TPSA) is 108 Å². The molecule has 0 saturated heterocycles. The number of aliphatic hydroxyl groups excluding tert-OH is 1. The van der Waals surface area contributed by atoms with E-state index >= 15 is 0 Å². The number of amides is 2. The number of hydrogen-bond donors (Lipinski definition) is 4. The van der Waals surface area contributed by atoms with Crippen molar-refractivity contribution in [1.29, 1.82) is 0 Å². The first kappa shape index (κ1) is 14.7. The molecule has 2 atom stereocenters.